The molecule has 3 atom stereocenters. The predicted molar refractivity (Wildman–Crippen MR) is 78.6 cm³/mol. The number of ether oxygens (including phenoxy) is 1. The molecule has 0 amide bonds. The van der Waals surface area contributed by atoms with E-state index in [0.717, 1.165) is 31.7 Å². The second kappa shape index (κ2) is 5.78. The molecule has 0 spiro atoms. The maximum atomic E-state index is 11.0. The second-order valence-corrected chi connectivity index (χ2v) is 6.93. The smallest absolute Gasteiger partial charge is 0.302 e. The standard InChI is InChI=1S/C16H25N3O2/c1-10(2)8-19-16-7-5-13-12(4-6-15(16)17-18-19)14(13)9-21-11(3)20/h10,12-14H,4-9H2,1-3H3/t12-,13+,14-/m0/s1. The number of fused-ring (bicyclic) bond motifs is 2. The Labute approximate surface area is 126 Å². The van der Waals surface area contributed by atoms with Crippen LogP contribution < -0.4 is 0 Å². The zero-order valence-electron chi connectivity index (χ0n) is 13.2. The van der Waals surface area contributed by atoms with Crippen molar-refractivity contribution in [3.05, 3.63) is 11.4 Å². The zero-order valence-corrected chi connectivity index (χ0v) is 13.2. The SMILES string of the molecule is CC(=O)OC[C@@H]1[C@@H]2CCc3c(nnn3CC(C)C)CC[C@@H]21. The zero-order chi connectivity index (χ0) is 15.0. The molecule has 0 aliphatic heterocycles. The third kappa shape index (κ3) is 3.11. The average Bonchev–Trinajstić information content (AvgIpc) is 2.91. The molecular weight excluding hydrogens is 266 g/mol. The van der Waals surface area contributed by atoms with Gasteiger partial charge in [0, 0.05) is 13.5 Å². The Morgan fingerprint density at radius 1 is 1.33 bits per heavy atom. The van der Waals surface area contributed by atoms with Crippen LogP contribution in [0.3, 0.4) is 0 Å². The molecule has 0 N–H and O–H groups in total. The van der Waals surface area contributed by atoms with Crippen LogP contribution in [0.5, 0.6) is 0 Å². The lowest BCUT2D eigenvalue weighted by Crippen LogP contribution is -2.12. The van der Waals surface area contributed by atoms with Crippen molar-refractivity contribution < 1.29 is 9.53 Å². The Bertz CT molecular complexity index is 524. The Morgan fingerprint density at radius 3 is 2.71 bits per heavy atom. The van der Waals surface area contributed by atoms with Crippen LogP contribution in [0.1, 0.15) is 45.0 Å². The largest absolute Gasteiger partial charge is 0.466 e. The fourth-order valence-electron chi connectivity index (χ4n) is 3.78. The third-order valence-corrected chi connectivity index (χ3v) is 4.87. The van der Waals surface area contributed by atoms with Gasteiger partial charge < -0.3 is 4.74 Å². The normalized spacial score (nSPS) is 27.5. The molecule has 1 fully saturated rings. The molecule has 0 saturated heterocycles. The molecule has 2 aliphatic carbocycles. The molecule has 116 valence electrons. The number of carbonyl (C=O) groups excluding carboxylic acids is 1. The van der Waals surface area contributed by atoms with Gasteiger partial charge in [-0.25, -0.2) is 4.68 Å². The number of esters is 1. The van der Waals surface area contributed by atoms with E-state index in [2.05, 4.69) is 28.8 Å². The van der Waals surface area contributed by atoms with Crippen LogP contribution >= 0.6 is 0 Å². The molecule has 1 heterocycles. The summed E-state index contributed by atoms with van der Waals surface area (Å²) in [6, 6.07) is 0. The number of hydrogen-bond acceptors (Lipinski definition) is 4. The molecule has 0 unspecified atom stereocenters. The first-order valence-corrected chi connectivity index (χ1v) is 8.11. The van der Waals surface area contributed by atoms with Gasteiger partial charge in [-0.15, -0.1) is 5.10 Å². The van der Waals surface area contributed by atoms with Gasteiger partial charge in [0.1, 0.15) is 0 Å². The Morgan fingerprint density at radius 2 is 2.05 bits per heavy atom. The van der Waals surface area contributed by atoms with E-state index in [1.54, 1.807) is 0 Å². The summed E-state index contributed by atoms with van der Waals surface area (Å²) in [6.45, 7) is 7.47. The van der Waals surface area contributed by atoms with E-state index in [4.69, 9.17) is 4.74 Å². The maximum Gasteiger partial charge on any atom is 0.302 e. The van der Waals surface area contributed by atoms with Crippen molar-refractivity contribution in [2.75, 3.05) is 6.61 Å². The number of rotatable bonds is 4. The lowest BCUT2D eigenvalue weighted by Gasteiger charge is -2.12. The van der Waals surface area contributed by atoms with Gasteiger partial charge in [-0.3, -0.25) is 4.79 Å². The van der Waals surface area contributed by atoms with E-state index >= 15 is 0 Å². The monoisotopic (exact) mass is 291 g/mol. The van der Waals surface area contributed by atoms with E-state index in [1.807, 2.05) is 0 Å². The number of nitrogens with zero attached hydrogens (tertiary/aromatic N) is 3. The van der Waals surface area contributed by atoms with Gasteiger partial charge in [0.05, 0.1) is 18.0 Å². The highest BCUT2D eigenvalue weighted by Crippen LogP contribution is 2.52. The molecule has 1 aromatic heterocycles. The summed E-state index contributed by atoms with van der Waals surface area (Å²) >= 11 is 0. The average molecular weight is 291 g/mol. The molecule has 1 aromatic rings. The highest BCUT2D eigenvalue weighted by molar-refractivity contribution is 5.65. The summed E-state index contributed by atoms with van der Waals surface area (Å²) in [5, 5.41) is 8.73. The van der Waals surface area contributed by atoms with E-state index in [9.17, 15) is 4.79 Å². The Kier molecular flexibility index (Phi) is 4.00. The molecule has 21 heavy (non-hydrogen) atoms. The molecular formula is C16H25N3O2. The summed E-state index contributed by atoms with van der Waals surface area (Å²) in [6.07, 6.45) is 4.41. The fraction of sp³-hybridized carbons (Fsp3) is 0.812. The van der Waals surface area contributed by atoms with Crippen LogP contribution in [0, 0.1) is 23.7 Å². The van der Waals surface area contributed by atoms with Crippen molar-refractivity contribution in [1.82, 2.24) is 15.0 Å². The van der Waals surface area contributed by atoms with E-state index in [0.29, 0.717) is 24.4 Å². The first-order valence-electron chi connectivity index (χ1n) is 8.11. The topological polar surface area (TPSA) is 57.0 Å². The summed E-state index contributed by atoms with van der Waals surface area (Å²) in [5.74, 6) is 2.44. The van der Waals surface area contributed by atoms with Gasteiger partial charge in [0.2, 0.25) is 0 Å². The van der Waals surface area contributed by atoms with Crippen molar-refractivity contribution in [1.29, 1.82) is 0 Å². The minimum absolute atomic E-state index is 0.160. The minimum Gasteiger partial charge on any atom is -0.466 e. The maximum absolute atomic E-state index is 11.0. The first-order chi connectivity index (χ1) is 10.1. The quantitative estimate of drug-likeness (QED) is 0.798. The molecule has 1 saturated carbocycles. The fourth-order valence-corrected chi connectivity index (χ4v) is 3.78. The second-order valence-electron chi connectivity index (χ2n) is 6.93. The highest BCUT2D eigenvalue weighted by Gasteiger charge is 2.50. The van der Waals surface area contributed by atoms with Crippen LogP contribution in [0.15, 0.2) is 0 Å². The molecule has 0 aromatic carbocycles. The van der Waals surface area contributed by atoms with Crippen molar-refractivity contribution >= 4 is 5.97 Å². The number of carbonyl (C=O) groups is 1. The number of aromatic nitrogens is 3. The minimum atomic E-state index is -0.160. The summed E-state index contributed by atoms with van der Waals surface area (Å²) in [7, 11) is 0. The van der Waals surface area contributed by atoms with Crippen molar-refractivity contribution in [2.45, 2.75) is 53.0 Å². The summed E-state index contributed by atoms with van der Waals surface area (Å²) in [5.41, 5.74) is 2.52. The van der Waals surface area contributed by atoms with Gasteiger partial charge in [0.25, 0.3) is 0 Å². The van der Waals surface area contributed by atoms with Crippen molar-refractivity contribution in [3.63, 3.8) is 0 Å². The summed E-state index contributed by atoms with van der Waals surface area (Å²) < 4.78 is 7.30. The van der Waals surface area contributed by atoms with Crippen molar-refractivity contribution in [2.24, 2.45) is 23.7 Å². The van der Waals surface area contributed by atoms with Gasteiger partial charge in [-0.05, 0) is 49.4 Å². The molecule has 5 nitrogen and oxygen atoms in total. The first kappa shape index (κ1) is 14.5. The Balaban J connectivity index is 1.64. The van der Waals surface area contributed by atoms with Gasteiger partial charge in [0.15, 0.2) is 0 Å². The summed E-state index contributed by atoms with van der Waals surface area (Å²) in [4.78, 5) is 11.0. The van der Waals surface area contributed by atoms with Crippen molar-refractivity contribution in [3.8, 4) is 0 Å². The van der Waals surface area contributed by atoms with Crippen LogP contribution in [0.4, 0.5) is 0 Å². The number of aryl methyl sites for hydroxylation is 1. The number of hydrogen-bond donors (Lipinski definition) is 0. The molecule has 5 heteroatoms. The van der Waals surface area contributed by atoms with Gasteiger partial charge in [-0.2, -0.15) is 0 Å². The van der Waals surface area contributed by atoms with Crippen LogP contribution in [-0.2, 0) is 28.9 Å². The van der Waals surface area contributed by atoms with E-state index < -0.39 is 0 Å². The van der Waals surface area contributed by atoms with Crippen LogP contribution in [0.25, 0.3) is 0 Å². The van der Waals surface area contributed by atoms with Gasteiger partial charge >= 0.3 is 5.97 Å². The Hall–Kier alpha value is -1.39. The molecule has 0 bridgehead atoms. The van der Waals surface area contributed by atoms with Gasteiger partial charge in [-0.1, -0.05) is 19.1 Å². The predicted octanol–water partition coefficient (Wildman–Crippen LogP) is 2.24. The van der Waals surface area contributed by atoms with E-state index in [-0.39, 0.29) is 5.97 Å². The molecule has 3 rings (SSSR count). The lowest BCUT2D eigenvalue weighted by atomic mass is 10.0. The van der Waals surface area contributed by atoms with E-state index in [1.165, 1.54) is 24.7 Å². The highest BCUT2D eigenvalue weighted by atomic mass is 16.5. The lowest BCUT2D eigenvalue weighted by molar-refractivity contribution is -0.141. The molecule has 2 aliphatic rings. The van der Waals surface area contributed by atoms with Crippen LogP contribution in [-0.4, -0.2) is 27.6 Å². The third-order valence-electron chi connectivity index (χ3n) is 4.87. The molecule has 0 radical (unpaired) electrons. The van der Waals surface area contributed by atoms with Crippen LogP contribution in [0.2, 0.25) is 0 Å².